The van der Waals surface area contributed by atoms with Gasteiger partial charge in [0.25, 0.3) is 0 Å². The van der Waals surface area contributed by atoms with Crippen LogP contribution in [0, 0.1) is 17.6 Å². The number of hydrogen-bond donors (Lipinski definition) is 1. The summed E-state index contributed by atoms with van der Waals surface area (Å²) in [6.45, 7) is 6.13. The molecule has 1 aromatic heterocycles. The second kappa shape index (κ2) is 7.00. The summed E-state index contributed by atoms with van der Waals surface area (Å²) in [6.07, 6.45) is 0.867. The Hall–Kier alpha value is -2.14. The highest BCUT2D eigenvalue weighted by molar-refractivity contribution is 6.05. The van der Waals surface area contributed by atoms with Crippen LogP contribution in [0.15, 0.2) is 28.7 Å². The Labute approximate surface area is 145 Å². The lowest BCUT2D eigenvalue weighted by atomic mass is 10.1. The Morgan fingerprint density at radius 1 is 1.00 bits per heavy atom. The van der Waals surface area contributed by atoms with E-state index in [1.165, 1.54) is 13.0 Å². The van der Waals surface area contributed by atoms with Gasteiger partial charge in [0.1, 0.15) is 0 Å². The van der Waals surface area contributed by atoms with Crippen LogP contribution in [0.1, 0.15) is 45.3 Å². The maximum absolute atomic E-state index is 14.7. The molecule has 0 saturated carbocycles. The van der Waals surface area contributed by atoms with E-state index in [4.69, 9.17) is 9.15 Å². The predicted molar refractivity (Wildman–Crippen MR) is 93.8 cm³/mol. The second-order valence-corrected chi connectivity index (χ2v) is 6.76. The van der Waals surface area contributed by atoms with Gasteiger partial charge in [-0.1, -0.05) is 19.9 Å². The Morgan fingerprint density at radius 2 is 1.64 bits per heavy atom. The smallest absolute Gasteiger partial charge is 0.208 e. The van der Waals surface area contributed by atoms with E-state index in [2.05, 4.69) is 13.8 Å². The fraction of sp³-hybridized carbons (Fsp3) is 0.400. The van der Waals surface area contributed by atoms with Gasteiger partial charge in [0.2, 0.25) is 5.82 Å². The molecule has 25 heavy (non-hydrogen) atoms. The number of ether oxygens (including phenoxy) is 1. The molecule has 0 aliphatic rings. The van der Waals surface area contributed by atoms with Gasteiger partial charge in [-0.3, -0.25) is 0 Å². The van der Waals surface area contributed by atoms with Gasteiger partial charge in [0, 0.05) is 16.3 Å². The minimum absolute atomic E-state index is 0.0296. The van der Waals surface area contributed by atoms with Gasteiger partial charge in [-0.2, -0.15) is 4.39 Å². The summed E-state index contributed by atoms with van der Waals surface area (Å²) in [5.74, 6) is -0.623. The van der Waals surface area contributed by atoms with Crippen LogP contribution in [0.3, 0.4) is 0 Å². The summed E-state index contributed by atoms with van der Waals surface area (Å²) < 4.78 is 40.2. The molecular formula is C20H22F2O3. The molecule has 5 heteroatoms. The number of halogens is 2. The van der Waals surface area contributed by atoms with Crippen molar-refractivity contribution in [2.45, 2.75) is 39.7 Å². The molecule has 0 unspecified atom stereocenters. The van der Waals surface area contributed by atoms with Crippen molar-refractivity contribution in [1.29, 1.82) is 0 Å². The van der Waals surface area contributed by atoms with Crippen LogP contribution in [0.4, 0.5) is 8.78 Å². The van der Waals surface area contributed by atoms with Gasteiger partial charge in [-0.05, 0) is 43.9 Å². The van der Waals surface area contributed by atoms with Gasteiger partial charge >= 0.3 is 0 Å². The SMILES string of the molecule is CC(C)CCCOc1ccc2c(oc3c(F)c([C@H](C)O)ccc32)c1F. The number of fused-ring (bicyclic) bond motifs is 3. The van der Waals surface area contributed by atoms with Gasteiger partial charge in [0.15, 0.2) is 22.7 Å². The Bertz CT molecular complexity index is 897. The van der Waals surface area contributed by atoms with Crippen LogP contribution in [0.2, 0.25) is 0 Å². The van der Waals surface area contributed by atoms with Gasteiger partial charge in [-0.25, -0.2) is 4.39 Å². The summed E-state index contributed by atoms with van der Waals surface area (Å²) >= 11 is 0. The molecule has 0 amide bonds. The Balaban J connectivity index is 1.98. The van der Waals surface area contributed by atoms with Crippen molar-refractivity contribution < 1.29 is 23.0 Å². The Morgan fingerprint density at radius 3 is 2.28 bits per heavy atom. The first-order valence-electron chi connectivity index (χ1n) is 8.54. The molecular weight excluding hydrogens is 326 g/mol. The molecule has 134 valence electrons. The van der Waals surface area contributed by atoms with Crippen molar-refractivity contribution >= 4 is 21.9 Å². The molecule has 2 aromatic carbocycles. The summed E-state index contributed by atoms with van der Waals surface area (Å²) in [4.78, 5) is 0. The number of aliphatic hydroxyl groups is 1. The fourth-order valence-electron chi connectivity index (χ4n) is 2.94. The Kier molecular flexibility index (Phi) is 4.95. The first kappa shape index (κ1) is 17.7. The highest BCUT2D eigenvalue weighted by Gasteiger charge is 2.20. The third kappa shape index (κ3) is 3.33. The molecule has 1 N–H and O–H groups in total. The zero-order chi connectivity index (χ0) is 18.1. The van der Waals surface area contributed by atoms with Crippen molar-refractivity contribution in [3.63, 3.8) is 0 Å². The molecule has 0 fully saturated rings. The lowest BCUT2D eigenvalue weighted by Gasteiger charge is -2.08. The van der Waals surface area contributed by atoms with Crippen LogP contribution in [0.25, 0.3) is 21.9 Å². The highest BCUT2D eigenvalue weighted by Crippen LogP contribution is 2.37. The standard InChI is InChI=1S/C20H22F2O3/c1-11(2)5-4-10-24-16-9-8-15-14-7-6-13(12(3)23)17(21)19(14)25-20(15)18(16)22/h6-9,11-12,23H,4-5,10H2,1-3H3/t12-/m0/s1. The molecule has 1 heterocycles. The van der Waals surface area contributed by atoms with Crippen molar-refractivity contribution in [3.05, 3.63) is 41.5 Å². The maximum atomic E-state index is 14.7. The number of aliphatic hydroxyl groups excluding tert-OH is 1. The van der Waals surface area contributed by atoms with E-state index in [0.717, 1.165) is 12.8 Å². The van der Waals surface area contributed by atoms with Gasteiger partial charge in [-0.15, -0.1) is 0 Å². The number of furan rings is 1. The summed E-state index contributed by atoms with van der Waals surface area (Å²) in [5, 5.41) is 10.6. The molecule has 0 radical (unpaired) electrons. The lowest BCUT2D eigenvalue weighted by molar-refractivity contribution is 0.194. The maximum Gasteiger partial charge on any atom is 0.208 e. The summed E-state index contributed by atoms with van der Waals surface area (Å²) in [7, 11) is 0. The highest BCUT2D eigenvalue weighted by atomic mass is 19.1. The zero-order valence-electron chi connectivity index (χ0n) is 14.6. The monoisotopic (exact) mass is 348 g/mol. The molecule has 0 aliphatic carbocycles. The molecule has 0 bridgehead atoms. The third-order valence-corrected chi connectivity index (χ3v) is 4.32. The molecule has 1 atom stereocenters. The average molecular weight is 348 g/mol. The van der Waals surface area contributed by atoms with Crippen LogP contribution in [-0.4, -0.2) is 11.7 Å². The number of hydrogen-bond acceptors (Lipinski definition) is 3. The molecule has 0 saturated heterocycles. The average Bonchev–Trinajstić information content (AvgIpc) is 2.93. The van der Waals surface area contributed by atoms with E-state index in [0.29, 0.717) is 23.3 Å². The summed E-state index contributed by atoms with van der Waals surface area (Å²) in [6, 6.07) is 6.34. The molecule has 0 aliphatic heterocycles. The van der Waals surface area contributed by atoms with Crippen LogP contribution in [-0.2, 0) is 0 Å². The first-order chi connectivity index (χ1) is 11.9. The predicted octanol–water partition coefficient (Wildman–Crippen LogP) is 5.73. The minimum Gasteiger partial charge on any atom is -0.490 e. The van der Waals surface area contributed by atoms with E-state index in [9.17, 15) is 13.9 Å². The molecule has 3 aromatic rings. The normalized spacial score (nSPS) is 13.1. The van der Waals surface area contributed by atoms with E-state index < -0.39 is 17.7 Å². The lowest BCUT2D eigenvalue weighted by Crippen LogP contribution is -2.01. The first-order valence-corrected chi connectivity index (χ1v) is 8.54. The van der Waals surface area contributed by atoms with E-state index in [1.807, 2.05) is 0 Å². The number of rotatable bonds is 6. The van der Waals surface area contributed by atoms with Crippen molar-refractivity contribution in [2.24, 2.45) is 5.92 Å². The van der Waals surface area contributed by atoms with Crippen molar-refractivity contribution in [2.75, 3.05) is 6.61 Å². The van der Waals surface area contributed by atoms with Crippen LogP contribution in [0.5, 0.6) is 5.75 Å². The van der Waals surface area contributed by atoms with Crippen LogP contribution >= 0.6 is 0 Å². The van der Waals surface area contributed by atoms with Crippen LogP contribution < -0.4 is 4.74 Å². The molecule has 3 rings (SSSR count). The molecule has 3 nitrogen and oxygen atoms in total. The third-order valence-electron chi connectivity index (χ3n) is 4.32. The van der Waals surface area contributed by atoms with Crippen molar-refractivity contribution in [3.8, 4) is 5.75 Å². The zero-order valence-corrected chi connectivity index (χ0v) is 14.6. The quantitative estimate of drug-likeness (QED) is 0.578. The number of benzene rings is 2. The van der Waals surface area contributed by atoms with Gasteiger partial charge in [0.05, 0.1) is 12.7 Å². The van der Waals surface area contributed by atoms with Crippen molar-refractivity contribution in [1.82, 2.24) is 0 Å². The molecule has 0 spiro atoms. The summed E-state index contributed by atoms with van der Waals surface area (Å²) in [5.41, 5.74) is 0.0411. The van der Waals surface area contributed by atoms with E-state index in [1.54, 1.807) is 18.2 Å². The van der Waals surface area contributed by atoms with Gasteiger partial charge < -0.3 is 14.3 Å². The van der Waals surface area contributed by atoms with E-state index in [-0.39, 0.29) is 22.5 Å². The largest absolute Gasteiger partial charge is 0.490 e. The fourth-order valence-corrected chi connectivity index (χ4v) is 2.94. The second-order valence-electron chi connectivity index (χ2n) is 6.76. The van der Waals surface area contributed by atoms with E-state index >= 15 is 0 Å². The topological polar surface area (TPSA) is 42.6 Å². The minimum atomic E-state index is -0.970.